The van der Waals surface area contributed by atoms with Gasteiger partial charge in [-0.15, -0.1) is 11.3 Å². The fourth-order valence-electron chi connectivity index (χ4n) is 2.75. The van der Waals surface area contributed by atoms with Crippen LogP contribution in [-0.4, -0.2) is 28.9 Å². The molecule has 1 N–H and O–H groups in total. The van der Waals surface area contributed by atoms with Gasteiger partial charge in [0.15, 0.2) is 0 Å². The molecule has 20 heavy (non-hydrogen) atoms. The zero-order valence-corrected chi connectivity index (χ0v) is 13.7. The van der Waals surface area contributed by atoms with Crippen molar-refractivity contribution in [1.82, 2.24) is 4.90 Å². The molecular formula is C14H18BrNO3S. The maximum atomic E-state index is 12.5. The minimum absolute atomic E-state index is 0.0402. The number of amides is 1. The summed E-state index contributed by atoms with van der Waals surface area (Å²) in [6.07, 6.45) is 3.15. The van der Waals surface area contributed by atoms with Crippen molar-refractivity contribution in [3.05, 3.63) is 20.8 Å². The number of thiophene rings is 1. The van der Waals surface area contributed by atoms with Gasteiger partial charge in [0, 0.05) is 21.8 Å². The van der Waals surface area contributed by atoms with E-state index in [0.29, 0.717) is 19.4 Å². The van der Waals surface area contributed by atoms with Crippen molar-refractivity contribution in [3.63, 3.8) is 0 Å². The first-order valence-electron chi connectivity index (χ1n) is 6.69. The van der Waals surface area contributed by atoms with Crippen molar-refractivity contribution >= 4 is 39.1 Å². The van der Waals surface area contributed by atoms with E-state index in [1.165, 1.54) is 0 Å². The van der Waals surface area contributed by atoms with Crippen LogP contribution in [0.1, 0.15) is 30.6 Å². The van der Waals surface area contributed by atoms with Crippen molar-refractivity contribution < 1.29 is 14.7 Å². The largest absolute Gasteiger partial charge is 0.481 e. The molecule has 1 amide bonds. The molecule has 1 heterocycles. The quantitative estimate of drug-likeness (QED) is 0.896. The van der Waals surface area contributed by atoms with Gasteiger partial charge in [-0.1, -0.05) is 12.8 Å². The Kier molecular flexibility index (Phi) is 5.21. The first-order chi connectivity index (χ1) is 9.49. The van der Waals surface area contributed by atoms with Gasteiger partial charge in [0.25, 0.3) is 0 Å². The fourth-order valence-corrected chi connectivity index (χ4v) is 4.26. The van der Waals surface area contributed by atoms with Crippen molar-refractivity contribution in [2.45, 2.75) is 32.2 Å². The zero-order chi connectivity index (χ0) is 14.7. The van der Waals surface area contributed by atoms with Gasteiger partial charge in [0.1, 0.15) is 0 Å². The molecular weight excluding hydrogens is 342 g/mol. The highest BCUT2D eigenvalue weighted by molar-refractivity contribution is 9.10. The Balaban J connectivity index is 2.02. The van der Waals surface area contributed by atoms with Crippen molar-refractivity contribution in [2.75, 3.05) is 7.05 Å². The topological polar surface area (TPSA) is 57.6 Å². The van der Waals surface area contributed by atoms with E-state index < -0.39 is 11.9 Å². The first kappa shape index (κ1) is 15.5. The second kappa shape index (κ2) is 6.72. The van der Waals surface area contributed by atoms with E-state index in [-0.39, 0.29) is 11.8 Å². The van der Waals surface area contributed by atoms with Gasteiger partial charge in [-0.3, -0.25) is 9.59 Å². The first-order valence-corrected chi connectivity index (χ1v) is 8.37. The van der Waals surface area contributed by atoms with Gasteiger partial charge in [-0.2, -0.15) is 0 Å². The van der Waals surface area contributed by atoms with Crippen LogP contribution in [0.15, 0.2) is 15.9 Å². The number of carbonyl (C=O) groups is 2. The third-order valence-electron chi connectivity index (χ3n) is 3.79. The van der Waals surface area contributed by atoms with Crippen LogP contribution in [0.25, 0.3) is 0 Å². The molecule has 1 aliphatic carbocycles. The summed E-state index contributed by atoms with van der Waals surface area (Å²) in [6.45, 7) is 0.540. The molecule has 1 aromatic heterocycles. The number of carboxylic acid groups (broad SMARTS) is 1. The summed E-state index contributed by atoms with van der Waals surface area (Å²) in [4.78, 5) is 26.5. The average molecular weight is 360 g/mol. The molecule has 0 saturated heterocycles. The van der Waals surface area contributed by atoms with E-state index in [0.717, 1.165) is 22.2 Å². The summed E-state index contributed by atoms with van der Waals surface area (Å²) in [5.41, 5.74) is 0. The zero-order valence-electron chi connectivity index (χ0n) is 11.3. The third kappa shape index (κ3) is 3.61. The molecule has 1 saturated carbocycles. The van der Waals surface area contributed by atoms with E-state index in [4.69, 9.17) is 0 Å². The highest BCUT2D eigenvalue weighted by Crippen LogP contribution is 2.32. The molecule has 2 atom stereocenters. The lowest BCUT2D eigenvalue weighted by Crippen LogP contribution is -2.40. The van der Waals surface area contributed by atoms with Gasteiger partial charge in [0.2, 0.25) is 5.91 Å². The van der Waals surface area contributed by atoms with E-state index in [1.807, 2.05) is 11.4 Å². The number of halogens is 1. The summed E-state index contributed by atoms with van der Waals surface area (Å²) in [5.74, 6) is -1.76. The molecule has 110 valence electrons. The maximum Gasteiger partial charge on any atom is 0.307 e. The number of carboxylic acids is 1. The SMILES string of the molecule is CN(Cc1cc(Br)cs1)C(=O)C1CCCCC1C(=O)O. The van der Waals surface area contributed by atoms with Gasteiger partial charge in [-0.25, -0.2) is 0 Å². The Labute approximate surface area is 130 Å². The Morgan fingerprint density at radius 3 is 2.60 bits per heavy atom. The second-order valence-electron chi connectivity index (χ2n) is 5.26. The second-order valence-corrected chi connectivity index (χ2v) is 7.17. The third-order valence-corrected chi connectivity index (χ3v) is 5.47. The summed E-state index contributed by atoms with van der Waals surface area (Å²) < 4.78 is 1.01. The Morgan fingerprint density at radius 1 is 1.40 bits per heavy atom. The lowest BCUT2D eigenvalue weighted by molar-refractivity contribution is -0.152. The van der Waals surface area contributed by atoms with Crippen LogP contribution in [0.2, 0.25) is 0 Å². The predicted molar refractivity (Wildman–Crippen MR) is 81.6 cm³/mol. The fraction of sp³-hybridized carbons (Fsp3) is 0.571. The number of hydrogen-bond donors (Lipinski definition) is 1. The standard InChI is InChI=1S/C14H18BrNO3S/c1-16(7-10-6-9(15)8-20-10)13(17)11-4-2-3-5-12(11)14(18)19/h6,8,11-12H,2-5,7H2,1H3,(H,18,19). The number of rotatable bonds is 4. The van der Waals surface area contributed by atoms with Crippen molar-refractivity contribution in [2.24, 2.45) is 11.8 Å². The van der Waals surface area contributed by atoms with Gasteiger partial charge in [0.05, 0.1) is 18.4 Å². The van der Waals surface area contributed by atoms with Gasteiger partial charge >= 0.3 is 5.97 Å². The molecule has 0 bridgehead atoms. The van der Waals surface area contributed by atoms with Crippen molar-refractivity contribution in [3.8, 4) is 0 Å². The van der Waals surface area contributed by atoms with Crippen molar-refractivity contribution in [1.29, 1.82) is 0 Å². The summed E-state index contributed by atoms with van der Waals surface area (Å²) in [5, 5.41) is 11.2. The molecule has 2 rings (SSSR count). The minimum atomic E-state index is -0.838. The highest BCUT2D eigenvalue weighted by atomic mass is 79.9. The summed E-state index contributed by atoms with van der Waals surface area (Å²) in [7, 11) is 1.75. The number of hydrogen-bond acceptors (Lipinski definition) is 3. The van der Waals surface area contributed by atoms with Crippen LogP contribution in [0.3, 0.4) is 0 Å². The summed E-state index contributed by atoms with van der Waals surface area (Å²) in [6, 6.07) is 1.99. The molecule has 1 aliphatic rings. The van der Waals surface area contributed by atoms with Crippen LogP contribution < -0.4 is 0 Å². The molecule has 2 unspecified atom stereocenters. The summed E-state index contributed by atoms with van der Waals surface area (Å²) >= 11 is 4.99. The lowest BCUT2D eigenvalue weighted by atomic mass is 9.78. The molecule has 0 radical (unpaired) electrons. The van der Waals surface area contributed by atoms with Crippen LogP contribution in [-0.2, 0) is 16.1 Å². The Hall–Kier alpha value is -0.880. The molecule has 6 heteroatoms. The van der Waals surface area contributed by atoms with Gasteiger partial charge in [-0.05, 0) is 34.8 Å². The molecule has 4 nitrogen and oxygen atoms in total. The highest BCUT2D eigenvalue weighted by Gasteiger charge is 2.37. The molecule has 0 aromatic carbocycles. The molecule has 0 aliphatic heterocycles. The number of carbonyl (C=O) groups excluding carboxylic acids is 1. The van der Waals surface area contributed by atoms with Crippen LogP contribution in [0, 0.1) is 11.8 Å². The average Bonchev–Trinajstić information content (AvgIpc) is 2.83. The maximum absolute atomic E-state index is 12.5. The van der Waals surface area contributed by atoms with Crippen LogP contribution in [0.5, 0.6) is 0 Å². The van der Waals surface area contributed by atoms with Crippen LogP contribution in [0.4, 0.5) is 0 Å². The molecule has 0 spiro atoms. The molecule has 1 fully saturated rings. The van der Waals surface area contributed by atoms with E-state index in [1.54, 1.807) is 23.3 Å². The Bertz CT molecular complexity index is 502. The smallest absolute Gasteiger partial charge is 0.307 e. The molecule has 1 aromatic rings. The predicted octanol–water partition coefficient (Wildman–Crippen LogP) is 3.36. The van der Waals surface area contributed by atoms with E-state index in [2.05, 4.69) is 15.9 Å². The lowest BCUT2D eigenvalue weighted by Gasteiger charge is -2.30. The van der Waals surface area contributed by atoms with Gasteiger partial charge < -0.3 is 10.0 Å². The van der Waals surface area contributed by atoms with Crippen LogP contribution >= 0.6 is 27.3 Å². The van der Waals surface area contributed by atoms with E-state index in [9.17, 15) is 14.7 Å². The normalized spacial score (nSPS) is 22.5. The van der Waals surface area contributed by atoms with E-state index >= 15 is 0 Å². The Morgan fingerprint density at radius 2 is 2.05 bits per heavy atom. The minimum Gasteiger partial charge on any atom is -0.481 e. The monoisotopic (exact) mass is 359 g/mol. The number of nitrogens with zero attached hydrogens (tertiary/aromatic N) is 1. The number of aliphatic carboxylic acids is 1.